The number of carbonyl (C=O) groups is 2. The van der Waals surface area contributed by atoms with Crippen molar-refractivity contribution < 1.29 is 22.4 Å². The highest BCUT2D eigenvalue weighted by Gasteiger charge is 2.35. The molecule has 4 rings (SSSR count). The molecule has 0 aliphatic heterocycles. The normalized spacial score (nSPS) is 14.7. The molecule has 1 fully saturated rings. The molecule has 1 aliphatic carbocycles. The number of nitrogens with zero attached hydrogens (tertiary/aromatic N) is 3. The van der Waals surface area contributed by atoms with Crippen LogP contribution in [0.1, 0.15) is 48.8 Å². The first-order valence-corrected chi connectivity index (χ1v) is 16.1. The first-order valence-electron chi connectivity index (χ1n) is 14.7. The number of hydrogen-bond donors (Lipinski definition) is 1. The van der Waals surface area contributed by atoms with Crippen LogP contribution >= 0.6 is 0 Å². The average molecular weight is 609 g/mol. The monoisotopic (exact) mass is 608 g/mol. The Labute approximate surface area is 254 Å². The SMILES string of the molecule is Cc1cccc(CN(C(=O)CN(c2ccc(F)cc2)S(=O)(=O)N(C)C)C(Cc2ccccc2)C(=O)NC2CCCCC2)c1. The van der Waals surface area contributed by atoms with Crippen molar-refractivity contribution >= 4 is 27.7 Å². The Morgan fingerprint density at radius 3 is 2.19 bits per heavy atom. The fraction of sp³-hybridized carbons (Fsp3) is 0.394. The molecule has 3 aromatic rings. The van der Waals surface area contributed by atoms with E-state index in [0.717, 1.165) is 69.5 Å². The second-order valence-electron chi connectivity index (χ2n) is 11.3. The summed E-state index contributed by atoms with van der Waals surface area (Å²) in [5, 5.41) is 3.20. The van der Waals surface area contributed by atoms with Crippen molar-refractivity contribution in [3.05, 3.63) is 101 Å². The van der Waals surface area contributed by atoms with Gasteiger partial charge in [0.2, 0.25) is 11.8 Å². The standard InChI is InChI=1S/C33H41FN4O4S/c1-25-11-10-14-27(21-25)23-37(32(39)24-38(43(41,42)36(2)3)30-19-17-28(34)18-20-30)31(22-26-12-6-4-7-13-26)33(40)35-29-15-8-5-9-16-29/h4,6-7,10-14,17-21,29,31H,5,8-9,15-16,22-24H2,1-3H3,(H,35,40). The lowest BCUT2D eigenvalue weighted by Crippen LogP contribution is -2.55. The number of anilines is 1. The summed E-state index contributed by atoms with van der Waals surface area (Å²) < 4.78 is 42.6. The topological polar surface area (TPSA) is 90.0 Å². The second-order valence-corrected chi connectivity index (χ2v) is 13.4. The number of nitrogens with one attached hydrogen (secondary N) is 1. The van der Waals surface area contributed by atoms with Gasteiger partial charge in [-0.3, -0.25) is 9.59 Å². The number of halogens is 1. The molecule has 0 aromatic heterocycles. The molecule has 1 saturated carbocycles. The van der Waals surface area contributed by atoms with Crippen molar-refractivity contribution in [2.24, 2.45) is 0 Å². The third-order valence-electron chi connectivity index (χ3n) is 7.79. The average Bonchev–Trinajstić information content (AvgIpc) is 2.99. The molecule has 0 bridgehead atoms. The molecule has 1 N–H and O–H groups in total. The highest BCUT2D eigenvalue weighted by molar-refractivity contribution is 7.90. The van der Waals surface area contributed by atoms with Crippen LogP contribution in [0, 0.1) is 12.7 Å². The second kappa shape index (κ2) is 14.6. The van der Waals surface area contributed by atoms with E-state index in [0.29, 0.717) is 0 Å². The van der Waals surface area contributed by atoms with E-state index in [-0.39, 0.29) is 30.6 Å². The molecular formula is C33H41FN4O4S. The molecule has 3 aromatic carbocycles. The van der Waals surface area contributed by atoms with Gasteiger partial charge in [0, 0.05) is 33.1 Å². The Bertz CT molecular complexity index is 1480. The maximum Gasteiger partial charge on any atom is 0.304 e. The lowest BCUT2D eigenvalue weighted by Gasteiger charge is -2.35. The fourth-order valence-corrected chi connectivity index (χ4v) is 6.49. The highest BCUT2D eigenvalue weighted by Crippen LogP contribution is 2.23. The number of amides is 2. The summed E-state index contributed by atoms with van der Waals surface area (Å²) in [4.78, 5) is 29.8. The number of carbonyl (C=O) groups excluding carboxylic acids is 2. The molecule has 43 heavy (non-hydrogen) atoms. The molecular weight excluding hydrogens is 567 g/mol. The van der Waals surface area contributed by atoms with Gasteiger partial charge in [-0.15, -0.1) is 0 Å². The Hall–Kier alpha value is -3.76. The van der Waals surface area contributed by atoms with Gasteiger partial charge >= 0.3 is 10.2 Å². The molecule has 10 heteroatoms. The van der Waals surface area contributed by atoms with Crippen LogP contribution in [0.4, 0.5) is 10.1 Å². The number of benzene rings is 3. The predicted molar refractivity (Wildman–Crippen MR) is 167 cm³/mol. The van der Waals surface area contributed by atoms with Crippen molar-refractivity contribution in [2.45, 2.75) is 64.1 Å². The van der Waals surface area contributed by atoms with Crippen molar-refractivity contribution in [3.8, 4) is 0 Å². The van der Waals surface area contributed by atoms with Crippen LogP contribution in [0.2, 0.25) is 0 Å². The molecule has 0 radical (unpaired) electrons. The van der Waals surface area contributed by atoms with E-state index in [1.807, 2.05) is 61.5 Å². The summed E-state index contributed by atoms with van der Waals surface area (Å²) in [6.45, 7) is 1.49. The van der Waals surface area contributed by atoms with Gasteiger partial charge in [0.05, 0.1) is 5.69 Å². The van der Waals surface area contributed by atoms with Gasteiger partial charge in [-0.25, -0.2) is 8.70 Å². The smallest absolute Gasteiger partial charge is 0.304 e. The summed E-state index contributed by atoms with van der Waals surface area (Å²) in [5.41, 5.74) is 2.84. The third kappa shape index (κ3) is 8.64. The molecule has 1 atom stereocenters. The largest absolute Gasteiger partial charge is 0.352 e. The summed E-state index contributed by atoms with van der Waals surface area (Å²) >= 11 is 0. The van der Waals surface area contributed by atoms with Crippen LogP contribution < -0.4 is 9.62 Å². The summed E-state index contributed by atoms with van der Waals surface area (Å²) in [7, 11) is -1.40. The summed E-state index contributed by atoms with van der Waals surface area (Å²) in [6, 6.07) is 21.3. The van der Waals surface area contributed by atoms with Crippen molar-refractivity contribution in [3.63, 3.8) is 0 Å². The predicted octanol–water partition coefficient (Wildman–Crippen LogP) is 4.84. The Balaban J connectivity index is 1.75. The maximum absolute atomic E-state index is 14.3. The van der Waals surface area contributed by atoms with Gasteiger partial charge in [0.25, 0.3) is 0 Å². The molecule has 1 aliphatic rings. The van der Waals surface area contributed by atoms with Gasteiger partial charge in [-0.1, -0.05) is 79.4 Å². The zero-order valence-electron chi connectivity index (χ0n) is 25.1. The summed E-state index contributed by atoms with van der Waals surface area (Å²) in [5.74, 6) is -1.34. The molecule has 0 heterocycles. The fourth-order valence-electron chi connectivity index (χ4n) is 5.43. The van der Waals surface area contributed by atoms with Crippen LogP contribution in [0.15, 0.2) is 78.9 Å². The van der Waals surface area contributed by atoms with Gasteiger partial charge in [-0.05, 0) is 55.2 Å². The van der Waals surface area contributed by atoms with E-state index >= 15 is 0 Å². The lowest BCUT2D eigenvalue weighted by atomic mass is 9.94. The summed E-state index contributed by atoms with van der Waals surface area (Å²) in [6.07, 6.45) is 5.24. The number of rotatable bonds is 12. The van der Waals surface area contributed by atoms with Gasteiger partial charge in [0.1, 0.15) is 18.4 Å². The maximum atomic E-state index is 14.3. The first kappa shape index (κ1) is 32.2. The third-order valence-corrected chi connectivity index (χ3v) is 9.61. The Morgan fingerprint density at radius 2 is 1.56 bits per heavy atom. The molecule has 8 nitrogen and oxygen atoms in total. The van der Waals surface area contributed by atoms with E-state index < -0.39 is 34.5 Å². The van der Waals surface area contributed by atoms with Crippen LogP contribution in [0.3, 0.4) is 0 Å². The van der Waals surface area contributed by atoms with Crippen molar-refractivity contribution in [1.82, 2.24) is 14.5 Å². The number of hydrogen-bond acceptors (Lipinski definition) is 4. The van der Waals surface area contributed by atoms with Crippen molar-refractivity contribution in [2.75, 3.05) is 24.9 Å². The van der Waals surface area contributed by atoms with Crippen LogP contribution in [-0.2, 0) is 32.8 Å². The highest BCUT2D eigenvalue weighted by atomic mass is 32.2. The van der Waals surface area contributed by atoms with Gasteiger partial charge < -0.3 is 10.2 Å². The van der Waals surface area contributed by atoms with Crippen molar-refractivity contribution in [1.29, 1.82) is 0 Å². The Morgan fingerprint density at radius 1 is 0.907 bits per heavy atom. The van der Waals surface area contributed by atoms with E-state index in [4.69, 9.17) is 0 Å². The lowest BCUT2D eigenvalue weighted by molar-refractivity contribution is -0.140. The Kier molecular flexibility index (Phi) is 10.9. The van der Waals surface area contributed by atoms with E-state index in [1.165, 1.54) is 31.1 Å². The van der Waals surface area contributed by atoms with Crippen LogP contribution in [0.5, 0.6) is 0 Å². The minimum Gasteiger partial charge on any atom is -0.352 e. The molecule has 2 amide bonds. The minimum absolute atomic E-state index is 0.0280. The van der Waals surface area contributed by atoms with E-state index in [1.54, 1.807) is 0 Å². The molecule has 1 unspecified atom stereocenters. The van der Waals surface area contributed by atoms with E-state index in [9.17, 15) is 22.4 Å². The van der Waals surface area contributed by atoms with Gasteiger partial charge in [0.15, 0.2) is 0 Å². The van der Waals surface area contributed by atoms with E-state index in [2.05, 4.69) is 5.32 Å². The van der Waals surface area contributed by atoms with Crippen LogP contribution in [0.25, 0.3) is 0 Å². The van der Waals surface area contributed by atoms with Crippen LogP contribution in [-0.4, -0.2) is 62.2 Å². The molecule has 0 spiro atoms. The minimum atomic E-state index is -4.14. The number of aryl methyl sites for hydroxylation is 1. The van der Waals surface area contributed by atoms with Gasteiger partial charge in [-0.2, -0.15) is 12.7 Å². The first-order chi connectivity index (χ1) is 20.5. The zero-order valence-corrected chi connectivity index (χ0v) is 25.9. The quantitative estimate of drug-likeness (QED) is 0.319. The molecule has 0 saturated heterocycles. The molecule has 230 valence electrons. The zero-order chi connectivity index (χ0) is 31.0.